The molecular formula is C19H30N2O17P2S. The Kier molecular flexibility index (Phi) is 11.0. The van der Waals surface area contributed by atoms with Gasteiger partial charge in [-0.25, -0.2) is 13.7 Å². The van der Waals surface area contributed by atoms with E-state index in [1.807, 2.05) is 4.98 Å². The van der Waals surface area contributed by atoms with Gasteiger partial charge in [0, 0.05) is 19.4 Å². The van der Waals surface area contributed by atoms with Crippen LogP contribution in [0.25, 0.3) is 0 Å². The summed E-state index contributed by atoms with van der Waals surface area (Å²) >= 11 is 4.72. The molecule has 2 aliphatic heterocycles. The lowest BCUT2D eigenvalue weighted by Crippen LogP contribution is -2.61. The Labute approximate surface area is 235 Å². The van der Waals surface area contributed by atoms with Gasteiger partial charge in [-0.1, -0.05) is 12.7 Å². The van der Waals surface area contributed by atoms with Crippen molar-refractivity contribution in [3.05, 3.63) is 45.8 Å². The maximum atomic E-state index is 12.5. The minimum atomic E-state index is -5.49. The number of hydrogen-bond donors (Lipinski definition) is 9. The zero-order chi connectivity index (χ0) is 30.9. The number of methoxy groups -OCH3 is 1. The topological polar surface area (TPSA) is 289 Å². The third-order valence-corrected chi connectivity index (χ3v) is 9.82. The summed E-state index contributed by atoms with van der Waals surface area (Å²) < 4.78 is 43.6. The number of phosphoric ester groups is 1. The van der Waals surface area contributed by atoms with E-state index in [9.17, 15) is 49.5 Å². The number of aromatic amines is 1. The van der Waals surface area contributed by atoms with Gasteiger partial charge in [0.25, 0.3) is 5.56 Å². The van der Waals surface area contributed by atoms with Crippen LogP contribution in [0.1, 0.15) is 6.23 Å². The van der Waals surface area contributed by atoms with Gasteiger partial charge in [0.1, 0.15) is 42.7 Å². The molecule has 0 aromatic carbocycles. The van der Waals surface area contributed by atoms with Gasteiger partial charge in [-0.2, -0.15) is 0 Å². The summed E-state index contributed by atoms with van der Waals surface area (Å²) in [6, 6.07) is 1.00. The van der Waals surface area contributed by atoms with Crippen molar-refractivity contribution in [2.45, 2.75) is 60.8 Å². The van der Waals surface area contributed by atoms with Gasteiger partial charge in [-0.15, -0.1) is 0 Å². The third kappa shape index (κ3) is 7.28. The molecule has 0 saturated carbocycles. The Morgan fingerprint density at radius 3 is 2.44 bits per heavy atom. The highest BCUT2D eigenvalue weighted by Crippen LogP contribution is 2.62. The average Bonchev–Trinajstić information content (AvgIpc) is 3.17. The normalized spacial score (nSPS) is 37.7. The number of aliphatic hydroxyl groups is 6. The van der Waals surface area contributed by atoms with Crippen molar-refractivity contribution < 1.29 is 72.6 Å². The van der Waals surface area contributed by atoms with Crippen LogP contribution in [0.15, 0.2) is 34.5 Å². The second kappa shape index (κ2) is 13.2. The zero-order valence-electron chi connectivity index (χ0n) is 21.1. The van der Waals surface area contributed by atoms with Gasteiger partial charge < -0.3 is 59.2 Å². The number of H-pyrrole nitrogens is 1. The molecule has 1 aromatic heterocycles. The van der Waals surface area contributed by atoms with Gasteiger partial charge in [0.15, 0.2) is 18.1 Å². The van der Waals surface area contributed by atoms with Gasteiger partial charge in [0.05, 0.1) is 13.2 Å². The average molecular weight is 652 g/mol. The minimum Gasteiger partial charge on any atom is -0.394 e. The molecule has 1 aromatic rings. The van der Waals surface area contributed by atoms with Crippen molar-refractivity contribution in [3.63, 3.8) is 0 Å². The van der Waals surface area contributed by atoms with E-state index in [0.717, 1.165) is 22.9 Å². The van der Waals surface area contributed by atoms with Crippen LogP contribution in [-0.4, -0.2) is 125 Å². The van der Waals surface area contributed by atoms with Crippen LogP contribution in [0.4, 0.5) is 0 Å². The van der Waals surface area contributed by atoms with E-state index in [1.54, 1.807) is 0 Å². The molecule has 22 heteroatoms. The largest absolute Gasteiger partial charge is 0.481 e. The number of aromatic nitrogens is 2. The highest BCUT2D eigenvalue weighted by Gasteiger charge is 2.57. The fourth-order valence-electron chi connectivity index (χ4n) is 4.19. The van der Waals surface area contributed by atoms with E-state index in [1.165, 1.54) is 7.11 Å². The molecule has 2 fully saturated rings. The molecule has 19 nitrogen and oxygen atoms in total. The summed E-state index contributed by atoms with van der Waals surface area (Å²) in [6.45, 7) is -2.93. The summed E-state index contributed by atoms with van der Waals surface area (Å²) in [6.07, 6.45) is -14.3. The molecule has 0 aliphatic carbocycles. The molecule has 12 atom stereocenters. The predicted octanol–water partition coefficient (Wildman–Crippen LogP) is -4.11. The predicted molar refractivity (Wildman–Crippen MR) is 135 cm³/mol. The lowest BCUT2D eigenvalue weighted by Gasteiger charge is -2.41. The van der Waals surface area contributed by atoms with Gasteiger partial charge in [-0.05, 0) is 11.8 Å². The van der Waals surface area contributed by atoms with Crippen LogP contribution < -0.4 is 11.2 Å². The van der Waals surface area contributed by atoms with E-state index >= 15 is 0 Å². The summed E-state index contributed by atoms with van der Waals surface area (Å²) in [5.74, 6) is 0. The number of hydrogen-bond acceptors (Lipinski definition) is 16. The maximum absolute atomic E-state index is 12.5. The SMILES string of the molecule is C=C[C@@]1(OC)[C@H](O)[C@@H](COP(O)(=S)OP(=O)(O)OC2OC([C@@H](O)CO)C(O)C(O)C2O)O[C@H]1n1ccc(=O)[nH]c1=O. The Hall–Kier alpha value is -1.26. The Morgan fingerprint density at radius 1 is 1.22 bits per heavy atom. The van der Waals surface area contributed by atoms with Crippen molar-refractivity contribution in [3.8, 4) is 0 Å². The summed E-state index contributed by atoms with van der Waals surface area (Å²) in [7, 11) is -4.32. The number of nitrogens with zero attached hydrogens (tertiary/aromatic N) is 1. The van der Waals surface area contributed by atoms with E-state index in [4.69, 9.17) is 35.6 Å². The van der Waals surface area contributed by atoms with Crippen LogP contribution >= 0.6 is 14.5 Å². The van der Waals surface area contributed by atoms with Crippen LogP contribution in [-0.2, 0) is 43.9 Å². The molecule has 7 unspecified atom stereocenters. The third-order valence-electron chi connectivity index (χ3n) is 6.30. The molecule has 234 valence electrons. The number of rotatable bonds is 12. The van der Waals surface area contributed by atoms with Crippen molar-refractivity contribution in [1.82, 2.24) is 9.55 Å². The quantitative estimate of drug-likeness (QED) is 0.0766. The van der Waals surface area contributed by atoms with Gasteiger partial charge in [0.2, 0.25) is 0 Å². The van der Waals surface area contributed by atoms with Crippen LogP contribution in [0.3, 0.4) is 0 Å². The first-order chi connectivity index (χ1) is 19.0. The van der Waals surface area contributed by atoms with Crippen molar-refractivity contribution in [1.29, 1.82) is 0 Å². The first-order valence-corrected chi connectivity index (χ1v) is 15.6. The molecule has 2 saturated heterocycles. The smallest absolute Gasteiger partial charge is 0.394 e. The standard InChI is InChI=1S/C19H30N2O17P2S/c1-3-19(33-2)15(28)9(35-17(19)21-5-4-10(24)20-18(21)29)7-34-40(32,41)38-39(30,31)37-16-13(27)11(25)12(26)14(36-16)8(23)6-22/h3-5,8-9,11-17,22-23,25-28H,1,6-7H2,2H3,(H,30,31)(H,32,41)(H,20,24,29)/t8-,9+,11?,12?,13?,14?,15+,16?,17+,19+,40?/m0/s1. The number of phosphoric acid groups is 1. The second-order valence-corrected chi connectivity index (χ2v) is 13.2. The molecule has 0 bridgehead atoms. The number of ether oxygens (including phenoxy) is 3. The summed E-state index contributed by atoms with van der Waals surface area (Å²) in [4.78, 5) is 46.3. The molecule has 2 aliphatic rings. The number of nitrogens with one attached hydrogen (secondary N) is 1. The first kappa shape index (κ1) is 34.2. The molecule has 0 radical (unpaired) electrons. The van der Waals surface area contributed by atoms with Gasteiger partial charge >= 0.3 is 20.2 Å². The first-order valence-electron chi connectivity index (χ1n) is 11.5. The summed E-state index contributed by atoms with van der Waals surface area (Å²) in [5.41, 5.74) is -3.43. The van der Waals surface area contributed by atoms with E-state index < -0.39 is 99.9 Å². The molecule has 9 N–H and O–H groups in total. The zero-order valence-corrected chi connectivity index (χ0v) is 23.7. The minimum absolute atomic E-state index is 0.711. The van der Waals surface area contributed by atoms with Crippen molar-refractivity contribution in [2.24, 2.45) is 0 Å². The number of aliphatic hydroxyl groups excluding tert-OH is 6. The Morgan fingerprint density at radius 2 is 1.88 bits per heavy atom. The van der Waals surface area contributed by atoms with Gasteiger partial charge in [-0.3, -0.25) is 18.9 Å². The molecule has 3 heterocycles. The van der Waals surface area contributed by atoms with Crippen LogP contribution in [0.5, 0.6) is 0 Å². The van der Waals surface area contributed by atoms with Crippen LogP contribution in [0, 0.1) is 0 Å². The van der Waals surface area contributed by atoms with E-state index in [2.05, 4.69) is 15.4 Å². The fraction of sp³-hybridized carbons (Fsp3) is 0.684. The lowest BCUT2D eigenvalue weighted by molar-refractivity contribution is -0.292. The molecule has 3 rings (SSSR count). The second-order valence-electron chi connectivity index (χ2n) is 8.86. The van der Waals surface area contributed by atoms with Crippen LogP contribution in [0.2, 0.25) is 0 Å². The maximum Gasteiger partial charge on any atom is 0.481 e. The molecule has 0 spiro atoms. The molecule has 0 amide bonds. The summed E-state index contributed by atoms with van der Waals surface area (Å²) in [5, 5.41) is 59.7. The van der Waals surface area contributed by atoms with E-state index in [-0.39, 0.29) is 0 Å². The highest BCUT2D eigenvalue weighted by molar-refractivity contribution is 8.08. The molecular weight excluding hydrogens is 622 g/mol. The van der Waals surface area contributed by atoms with Crippen molar-refractivity contribution >= 4 is 26.3 Å². The fourth-order valence-corrected chi connectivity index (χ4v) is 7.29. The monoisotopic (exact) mass is 652 g/mol. The Bertz CT molecular complexity index is 1290. The highest BCUT2D eigenvalue weighted by atomic mass is 32.5. The van der Waals surface area contributed by atoms with Crippen molar-refractivity contribution in [2.75, 3.05) is 20.3 Å². The van der Waals surface area contributed by atoms with E-state index in [0.29, 0.717) is 0 Å². The lowest BCUT2D eigenvalue weighted by atomic mass is 9.94. The Balaban J connectivity index is 1.71. The molecule has 41 heavy (non-hydrogen) atoms.